The molecule has 1 N–H and O–H groups in total. The molecule has 1 heterocycles. The van der Waals surface area contributed by atoms with Crippen molar-refractivity contribution < 1.29 is 4.79 Å². The zero-order valence-corrected chi connectivity index (χ0v) is 14.3. The molecule has 4 nitrogen and oxygen atoms in total. The van der Waals surface area contributed by atoms with Crippen molar-refractivity contribution in [2.75, 3.05) is 12.8 Å². The number of hydrogen-bond donors (Lipinski definition) is 1. The molecular weight excluding hydrogens is 318 g/mol. The van der Waals surface area contributed by atoms with Crippen LogP contribution in [0.25, 0.3) is 11.3 Å². The molecule has 0 radical (unpaired) electrons. The summed E-state index contributed by atoms with van der Waals surface area (Å²) in [5, 5.41) is 3.49. The van der Waals surface area contributed by atoms with Crippen LogP contribution >= 0.6 is 11.8 Å². The number of amides is 1. The van der Waals surface area contributed by atoms with Crippen molar-refractivity contribution >= 4 is 17.7 Å². The first kappa shape index (κ1) is 16.3. The number of imidazole rings is 1. The molecule has 0 atom stereocenters. The molecule has 3 rings (SSSR count). The molecule has 0 spiro atoms. The van der Waals surface area contributed by atoms with E-state index in [1.165, 1.54) is 17.3 Å². The second kappa shape index (κ2) is 7.84. The van der Waals surface area contributed by atoms with Gasteiger partial charge in [-0.05, 0) is 11.1 Å². The van der Waals surface area contributed by atoms with Gasteiger partial charge in [0.05, 0.1) is 24.2 Å². The number of carbonyl (C=O) groups excluding carboxylic acids is 1. The number of nitrogens with one attached hydrogen (secondary N) is 1. The van der Waals surface area contributed by atoms with Crippen molar-refractivity contribution in [1.29, 1.82) is 0 Å². The third-order valence-corrected chi connectivity index (χ3v) is 4.67. The highest BCUT2D eigenvalue weighted by Gasteiger charge is 2.13. The van der Waals surface area contributed by atoms with E-state index in [1.807, 2.05) is 42.6 Å². The molecule has 0 bridgehead atoms. The van der Waals surface area contributed by atoms with Gasteiger partial charge in [-0.3, -0.25) is 4.79 Å². The minimum absolute atomic E-state index is 0.00415. The van der Waals surface area contributed by atoms with Gasteiger partial charge in [0.2, 0.25) is 5.91 Å². The van der Waals surface area contributed by atoms with E-state index in [-0.39, 0.29) is 5.91 Å². The average molecular weight is 337 g/mol. The van der Waals surface area contributed by atoms with Crippen LogP contribution in [-0.4, -0.2) is 28.3 Å². The summed E-state index contributed by atoms with van der Waals surface area (Å²) in [6.07, 6.45) is 1.88. The van der Waals surface area contributed by atoms with Crippen LogP contribution in [0.4, 0.5) is 0 Å². The predicted molar refractivity (Wildman–Crippen MR) is 98.0 cm³/mol. The molecule has 122 valence electrons. The average Bonchev–Trinajstić information content (AvgIpc) is 3.04. The molecule has 0 saturated carbocycles. The highest BCUT2D eigenvalue weighted by Crippen LogP contribution is 2.27. The van der Waals surface area contributed by atoms with Crippen molar-refractivity contribution in [1.82, 2.24) is 14.9 Å². The van der Waals surface area contributed by atoms with Gasteiger partial charge in [-0.15, -0.1) is 0 Å². The Morgan fingerprint density at radius 1 is 1.08 bits per heavy atom. The van der Waals surface area contributed by atoms with Crippen LogP contribution in [0.1, 0.15) is 5.56 Å². The first-order chi connectivity index (χ1) is 11.8. The fourth-order valence-electron chi connectivity index (χ4n) is 2.43. The molecular formula is C19H19N3OS. The summed E-state index contributed by atoms with van der Waals surface area (Å²) >= 11 is 1.45. The van der Waals surface area contributed by atoms with Crippen LogP contribution in [0, 0.1) is 0 Å². The van der Waals surface area contributed by atoms with E-state index in [0.29, 0.717) is 5.75 Å². The highest BCUT2D eigenvalue weighted by molar-refractivity contribution is 7.99. The fourth-order valence-corrected chi connectivity index (χ4v) is 3.28. The van der Waals surface area contributed by atoms with Gasteiger partial charge in [0.15, 0.2) is 5.16 Å². The maximum Gasteiger partial charge on any atom is 0.230 e. The highest BCUT2D eigenvalue weighted by atomic mass is 32.2. The number of benzene rings is 2. The van der Waals surface area contributed by atoms with E-state index in [9.17, 15) is 4.79 Å². The third kappa shape index (κ3) is 3.86. The Bertz CT molecular complexity index is 800. The Morgan fingerprint density at radius 2 is 1.75 bits per heavy atom. The molecule has 2 aromatic carbocycles. The standard InChI is InChI=1S/C19H19N3OS/c1-20-18(23)14-24-19-21-12-17(16-10-6-3-7-11-16)22(19)13-15-8-4-2-5-9-15/h2-12H,13-14H2,1H3,(H,20,23). The second-order valence-electron chi connectivity index (χ2n) is 5.33. The van der Waals surface area contributed by atoms with Crippen LogP contribution in [0.2, 0.25) is 0 Å². The summed E-state index contributed by atoms with van der Waals surface area (Å²) in [6.45, 7) is 0.723. The van der Waals surface area contributed by atoms with Crippen LogP contribution in [-0.2, 0) is 11.3 Å². The maximum absolute atomic E-state index is 11.6. The van der Waals surface area contributed by atoms with Gasteiger partial charge >= 0.3 is 0 Å². The van der Waals surface area contributed by atoms with Gasteiger partial charge in [0.1, 0.15) is 0 Å². The van der Waals surface area contributed by atoms with Gasteiger partial charge in [-0.1, -0.05) is 72.4 Å². The topological polar surface area (TPSA) is 46.9 Å². The monoisotopic (exact) mass is 337 g/mol. The lowest BCUT2D eigenvalue weighted by Crippen LogP contribution is -2.20. The lowest BCUT2D eigenvalue weighted by molar-refractivity contribution is -0.118. The molecule has 3 aromatic rings. The van der Waals surface area contributed by atoms with E-state index in [1.54, 1.807) is 7.05 Å². The van der Waals surface area contributed by atoms with Crippen molar-refractivity contribution in [3.05, 3.63) is 72.4 Å². The summed E-state index contributed by atoms with van der Waals surface area (Å²) in [6, 6.07) is 20.5. The fraction of sp³-hybridized carbons (Fsp3) is 0.158. The largest absolute Gasteiger partial charge is 0.358 e. The Balaban J connectivity index is 1.94. The van der Waals surface area contributed by atoms with Crippen LogP contribution in [0.5, 0.6) is 0 Å². The number of rotatable bonds is 6. The van der Waals surface area contributed by atoms with Crippen LogP contribution in [0.3, 0.4) is 0 Å². The van der Waals surface area contributed by atoms with Crippen molar-refractivity contribution in [3.63, 3.8) is 0 Å². The Morgan fingerprint density at radius 3 is 2.42 bits per heavy atom. The summed E-state index contributed by atoms with van der Waals surface area (Å²) in [5.74, 6) is 0.354. The number of nitrogens with zero attached hydrogens (tertiary/aromatic N) is 2. The molecule has 0 aliphatic carbocycles. The van der Waals surface area contributed by atoms with E-state index >= 15 is 0 Å². The summed E-state index contributed by atoms with van der Waals surface area (Å²) < 4.78 is 2.16. The Labute approximate surface area is 145 Å². The van der Waals surface area contributed by atoms with Gasteiger partial charge < -0.3 is 9.88 Å². The zero-order chi connectivity index (χ0) is 16.8. The van der Waals surface area contributed by atoms with Crippen molar-refractivity contribution in [3.8, 4) is 11.3 Å². The predicted octanol–water partition coefficient (Wildman–Crippen LogP) is 3.44. The maximum atomic E-state index is 11.6. The first-order valence-corrected chi connectivity index (χ1v) is 8.74. The summed E-state index contributed by atoms with van der Waals surface area (Å²) in [5.41, 5.74) is 3.38. The van der Waals surface area contributed by atoms with Crippen LogP contribution < -0.4 is 5.32 Å². The quantitative estimate of drug-likeness (QED) is 0.701. The van der Waals surface area contributed by atoms with Gasteiger partial charge in [0.25, 0.3) is 0 Å². The molecule has 24 heavy (non-hydrogen) atoms. The third-order valence-electron chi connectivity index (χ3n) is 3.68. The number of thioether (sulfide) groups is 1. The molecule has 0 aliphatic heterocycles. The van der Waals surface area contributed by atoms with E-state index in [0.717, 1.165) is 23.0 Å². The van der Waals surface area contributed by atoms with Gasteiger partial charge in [-0.25, -0.2) is 4.98 Å². The molecule has 1 amide bonds. The first-order valence-electron chi connectivity index (χ1n) is 7.76. The number of hydrogen-bond acceptors (Lipinski definition) is 3. The number of aromatic nitrogens is 2. The lowest BCUT2D eigenvalue weighted by Gasteiger charge is -2.12. The van der Waals surface area contributed by atoms with Gasteiger partial charge in [0, 0.05) is 7.05 Å². The van der Waals surface area contributed by atoms with E-state index < -0.39 is 0 Å². The zero-order valence-electron chi connectivity index (χ0n) is 13.5. The van der Waals surface area contributed by atoms with E-state index in [4.69, 9.17) is 0 Å². The minimum atomic E-state index is -0.00415. The summed E-state index contributed by atoms with van der Waals surface area (Å²) in [7, 11) is 1.65. The molecule has 0 saturated heterocycles. The molecule has 0 unspecified atom stereocenters. The minimum Gasteiger partial charge on any atom is -0.358 e. The number of carbonyl (C=O) groups is 1. The smallest absolute Gasteiger partial charge is 0.230 e. The van der Waals surface area contributed by atoms with Gasteiger partial charge in [-0.2, -0.15) is 0 Å². The van der Waals surface area contributed by atoms with Crippen LogP contribution in [0.15, 0.2) is 72.0 Å². The molecule has 1 aromatic heterocycles. The van der Waals surface area contributed by atoms with Crippen molar-refractivity contribution in [2.45, 2.75) is 11.7 Å². The molecule has 0 aliphatic rings. The molecule has 0 fully saturated rings. The molecule has 5 heteroatoms. The Kier molecular flexibility index (Phi) is 5.33. The van der Waals surface area contributed by atoms with Crippen molar-refractivity contribution in [2.24, 2.45) is 0 Å². The lowest BCUT2D eigenvalue weighted by atomic mass is 10.1. The summed E-state index contributed by atoms with van der Waals surface area (Å²) in [4.78, 5) is 16.1. The van der Waals surface area contributed by atoms with E-state index in [2.05, 4.69) is 39.1 Å². The normalized spacial score (nSPS) is 10.5. The second-order valence-corrected chi connectivity index (χ2v) is 6.27. The SMILES string of the molecule is CNC(=O)CSc1ncc(-c2ccccc2)n1Cc1ccccc1. The Hall–Kier alpha value is -2.53.